The van der Waals surface area contributed by atoms with Crippen molar-refractivity contribution >= 4 is 23.8 Å². The van der Waals surface area contributed by atoms with Gasteiger partial charge in [0.05, 0.1) is 6.61 Å². The fourth-order valence-corrected chi connectivity index (χ4v) is 4.21. The van der Waals surface area contributed by atoms with Crippen LogP contribution in [-0.2, 0) is 9.09 Å². The molecule has 0 aromatic rings. The smallest absolute Gasteiger partial charge is 0.303 e. The van der Waals surface area contributed by atoms with E-state index in [0.29, 0.717) is 0 Å². The Kier molecular flexibility index (Phi) is 19.4. The predicted octanol–water partition coefficient (Wildman–Crippen LogP) is 7.51. The molecular formula is C20H42BrO4P. The molecule has 0 rings (SSSR count). The number of phosphoric ester groups is 1. The van der Waals surface area contributed by atoms with Crippen LogP contribution in [0, 0.1) is 0 Å². The SMILES string of the molecule is CCCCCCCCCCCCCCCCCCC(Br)COP(=O)(O)O. The van der Waals surface area contributed by atoms with Crippen molar-refractivity contribution in [2.24, 2.45) is 0 Å². The molecule has 1 unspecified atom stereocenters. The van der Waals surface area contributed by atoms with Gasteiger partial charge in [-0.05, 0) is 6.42 Å². The summed E-state index contributed by atoms with van der Waals surface area (Å²) in [4.78, 5) is 17.3. The second-order valence-corrected chi connectivity index (χ2v) is 10.0. The van der Waals surface area contributed by atoms with E-state index >= 15 is 0 Å². The largest absolute Gasteiger partial charge is 0.469 e. The van der Waals surface area contributed by atoms with Crippen molar-refractivity contribution in [3.63, 3.8) is 0 Å². The molecule has 2 N–H and O–H groups in total. The topological polar surface area (TPSA) is 66.8 Å². The average Bonchev–Trinajstić information content (AvgIpc) is 2.59. The highest BCUT2D eigenvalue weighted by atomic mass is 79.9. The first kappa shape index (κ1) is 26.6. The summed E-state index contributed by atoms with van der Waals surface area (Å²) < 4.78 is 15.1. The highest BCUT2D eigenvalue weighted by Gasteiger charge is 2.16. The van der Waals surface area contributed by atoms with E-state index in [1.807, 2.05) is 0 Å². The van der Waals surface area contributed by atoms with Crippen molar-refractivity contribution in [3.8, 4) is 0 Å². The van der Waals surface area contributed by atoms with Crippen LogP contribution in [0.5, 0.6) is 0 Å². The van der Waals surface area contributed by atoms with Crippen LogP contribution in [0.2, 0.25) is 0 Å². The van der Waals surface area contributed by atoms with Gasteiger partial charge in [0, 0.05) is 4.83 Å². The molecule has 26 heavy (non-hydrogen) atoms. The molecule has 1 atom stereocenters. The molecule has 0 aliphatic heterocycles. The molecule has 0 aliphatic rings. The number of hydrogen-bond donors (Lipinski definition) is 2. The second kappa shape index (κ2) is 18.9. The van der Waals surface area contributed by atoms with Gasteiger partial charge in [-0.1, -0.05) is 126 Å². The summed E-state index contributed by atoms with van der Waals surface area (Å²) in [6.45, 7) is 2.34. The number of phosphoric acid groups is 1. The standard InChI is InChI=1S/C20H42BrO4P/c1-2-3-4-5-6-7-8-9-10-11-12-13-14-15-16-17-18-20(21)19-25-26(22,23)24/h20H,2-19H2,1H3,(H2,22,23,24). The fourth-order valence-electron chi connectivity index (χ4n) is 3.18. The first-order valence-electron chi connectivity index (χ1n) is 10.8. The van der Waals surface area contributed by atoms with Crippen LogP contribution in [0.4, 0.5) is 0 Å². The van der Waals surface area contributed by atoms with Gasteiger partial charge in [-0.15, -0.1) is 0 Å². The van der Waals surface area contributed by atoms with Gasteiger partial charge in [0.1, 0.15) is 0 Å². The lowest BCUT2D eigenvalue weighted by atomic mass is 10.0. The highest BCUT2D eigenvalue weighted by Crippen LogP contribution is 2.36. The average molecular weight is 457 g/mol. The Bertz CT molecular complexity index is 336. The van der Waals surface area contributed by atoms with Gasteiger partial charge in [-0.2, -0.15) is 0 Å². The highest BCUT2D eigenvalue weighted by molar-refractivity contribution is 9.09. The van der Waals surface area contributed by atoms with Crippen molar-refractivity contribution in [1.29, 1.82) is 0 Å². The Morgan fingerprint density at radius 3 is 1.42 bits per heavy atom. The minimum absolute atomic E-state index is 0.0294. The summed E-state index contributed by atoms with van der Waals surface area (Å²) in [5.41, 5.74) is 0. The van der Waals surface area contributed by atoms with Crippen LogP contribution in [0.1, 0.15) is 116 Å². The Hall–Kier alpha value is 0.590. The molecule has 0 aromatic carbocycles. The molecule has 6 heteroatoms. The first-order valence-corrected chi connectivity index (χ1v) is 13.2. The summed E-state index contributed by atoms with van der Waals surface area (Å²) in [5.74, 6) is 0. The number of alkyl halides is 1. The lowest BCUT2D eigenvalue weighted by molar-refractivity contribution is 0.196. The summed E-state index contributed by atoms with van der Waals surface area (Å²) in [6.07, 6.45) is 22.5. The van der Waals surface area contributed by atoms with Crippen molar-refractivity contribution in [2.45, 2.75) is 121 Å². The van der Waals surface area contributed by atoms with Gasteiger partial charge in [-0.3, -0.25) is 4.52 Å². The van der Waals surface area contributed by atoms with Gasteiger partial charge in [-0.25, -0.2) is 4.57 Å². The van der Waals surface area contributed by atoms with Crippen LogP contribution < -0.4 is 0 Å². The molecule has 0 saturated carbocycles. The molecule has 0 spiro atoms. The molecule has 0 fully saturated rings. The minimum atomic E-state index is -4.33. The summed E-state index contributed by atoms with van der Waals surface area (Å²) in [5, 5.41) is 0. The zero-order valence-electron chi connectivity index (χ0n) is 16.8. The van der Waals surface area contributed by atoms with Gasteiger partial charge >= 0.3 is 7.82 Å². The van der Waals surface area contributed by atoms with Crippen LogP contribution >= 0.6 is 23.8 Å². The molecule has 0 aliphatic carbocycles. The van der Waals surface area contributed by atoms with Gasteiger partial charge in [0.25, 0.3) is 0 Å². The third kappa shape index (κ3) is 22.6. The van der Waals surface area contributed by atoms with E-state index < -0.39 is 7.82 Å². The Balaban J connectivity index is 3.14. The molecule has 0 radical (unpaired) electrons. The molecule has 0 heterocycles. The zero-order chi connectivity index (χ0) is 19.5. The first-order chi connectivity index (χ1) is 12.5. The van der Waals surface area contributed by atoms with Crippen LogP contribution in [0.25, 0.3) is 0 Å². The Morgan fingerprint density at radius 2 is 1.08 bits per heavy atom. The molecule has 4 nitrogen and oxygen atoms in total. The fraction of sp³-hybridized carbons (Fsp3) is 1.00. The maximum absolute atomic E-state index is 10.6. The van der Waals surface area contributed by atoms with E-state index in [2.05, 4.69) is 27.4 Å². The molecule has 0 bridgehead atoms. The lowest BCUT2D eigenvalue weighted by Gasteiger charge is -2.10. The number of halogens is 1. The van der Waals surface area contributed by atoms with E-state index in [-0.39, 0.29) is 11.4 Å². The molecule has 158 valence electrons. The summed E-state index contributed by atoms with van der Waals surface area (Å²) >= 11 is 3.41. The van der Waals surface area contributed by atoms with E-state index in [4.69, 9.17) is 9.79 Å². The van der Waals surface area contributed by atoms with Gasteiger partial charge < -0.3 is 9.79 Å². The van der Waals surface area contributed by atoms with Crippen LogP contribution in [0.3, 0.4) is 0 Å². The number of rotatable bonds is 20. The molecule has 0 aromatic heterocycles. The van der Waals surface area contributed by atoms with Gasteiger partial charge in [0.15, 0.2) is 0 Å². The third-order valence-electron chi connectivity index (χ3n) is 4.79. The van der Waals surface area contributed by atoms with E-state index in [0.717, 1.165) is 12.8 Å². The molecule has 0 saturated heterocycles. The number of hydrogen-bond acceptors (Lipinski definition) is 2. The van der Waals surface area contributed by atoms with E-state index in [1.165, 1.54) is 96.3 Å². The van der Waals surface area contributed by atoms with Crippen molar-refractivity contribution < 1.29 is 18.9 Å². The van der Waals surface area contributed by atoms with Crippen molar-refractivity contribution in [2.75, 3.05) is 6.61 Å². The maximum atomic E-state index is 10.6. The normalized spacial score (nSPS) is 13.2. The molecule has 0 amide bonds. The lowest BCUT2D eigenvalue weighted by Crippen LogP contribution is -2.07. The quantitative estimate of drug-likeness (QED) is 0.113. The van der Waals surface area contributed by atoms with Gasteiger partial charge in [0.2, 0.25) is 0 Å². The third-order valence-corrected chi connectivity index (χ3v) is 6.00. The van der Waals surface area contributed by atoms with Crippen LogP contribution in [0.15, 0.2) is 0 Å². The number of unbranched alkanes of at least 4 members (excludes halogenated alkanes) is 15. The molecular weight excluding hydrogens is 415 g/mol. The Labute approximate surface area is 170 Å². The van der Waals surface area contributed by atoms with E-state index in [9.17, 15) is 4.57 Å². The zero-order valence-corrected chi connectivity index (χ0v) is 19.3. The maximum Gasteiger partial charge on any atom is 0.469 e. The Morgan fingerprint density at radius 1 is 0.731 bits per heavy atom. The second-order valence-electron chi connectivity index (χ2n) is 7.48. The van der Waals surface area contributed by atoms with E-state index in [1.54, 1.807) is 0 Å². The summed E-state index contributed by atoms with van der Waals surface area (Å²) in [6, 6.07) is 0. The monoisotopic (exact) mass is 456 g/mol. The predicted molar refractivity (Wildman–Crippen MR) is 115 cm³/mol. The van der Waals surface area contributed by atoms with Crippen LogP contribution in [-0.4, -0.2) is 21.2 Å². The minimum Gasteiger partial charge on any atom is -0.303 e. The van der Waals surface area contributed by atoms with Crippen molar-refractivity contribution in [1.82, 2.24) is 0 Å². The summed E-state index contributed by atoms with van der Waals surface area (Å²) in [7, 11) is -4.33. The van der Waals surface area contributed by atoms with Crippen molar-refractivity contribution in [3.05, 3.63) is 0 Å².